The Kier molecular flexibility index (Phi) is 3.50. The fourth-order valence-corrected chi connectivity index (χ4v) is 1.99. The van der Waals surface area contributed by atoms with Crippen molar-refractivity contribution in [1.82, 2.24) is 19.9 Å². The first kappa shape index (κ1) is 13.1. The average molecular weight is 258 g/mol. The Morgan fingerprint density at radius 1 is 1.11 bits per heavy atom. The van der Waals surface area contributed by atoms with E-state index in [-0.39, 0.29) is 0 Å². The summed E-state index contributed by atoms with van der Waals surface area (Å²) in [7, 11) is 0. The maximum Gasteiger partial charge on any atom is 0.310 e. The van der Waals surface area contributed by atoms with Crippen LogP contribution in [0.3, 0.4) is 0 Å². The maximum absolute atomic E-state index is 11.1. The lowest BCUT2D eigenvalue weighted by atomic mass is 9.98. The summed E-state index contributed by atoms with van der Waals surface area (Å²) in [5.74, 6) is -0.676. The lowest BCUT2D eigenvalue weighted by molar-refractivity contribution is -0.138. The fourth-order valence-electron chi connectivity index (χ4n) is 1.99. The zero-order chi connectivity index (χ0) is 14.0. The van der Waals surface area contributed by atoms with Gasteiger partial charge in [0.2, 0.25) is 0 Å². The molecule has 0 saturated heterocycles. The van der Waals surface area contributed by atoms with Gasteiger partial charge < -0.3 is 5.11 Å². The van der Waals surface area contributed by atoms with Crippen LogP contribution >= 0.6 is 0 Å². The second-order valence-corrected chi connectivity index (χ2v) is 4.26. The van der Waals surface area contributed by atoms with Gasteiger partial charge in [-0.15, -0.1) is 0 Å². The van der Waals surface area contributed by atoms with Crippen molar-refractivity contribution in [1.29, 1.82) is 0 Å². The van der Waals surface area contributed by atoms with Crippen LogP contribution in [0.5, 0.6) is 0 Å². The normalized spacial score (nSPS) is 12.2. The molecule has 6 nitrogen and oxygen atoms in total. The molecule has 0 aliphatic carbocycles. The van der Waals surface area contributed by atoms with Crippen molar-refractivity contribution >= 4 is 5.97 Å². The quantitative estimate of drug-likeness (QED) is 0.902. The Balaban J connectivity index is 2.51. The number of aliphatic carboxylic acids is 1. The molecule has 6 heteroatoms. The molecule has 1 atom stereocenters. The van der Waals surface area contributed by atoms with E-state index in [2.05, 4.69) is 19.9 Å². The van der Waals surface area contributed by atoms with Crippen molar-refractivity contribution in [2.45, 2.75) is 26.7 Å². The van der Waals surface area contributed by atoms with E-state index in [1.165, 1.54) is 0 Å². The Morgan fingerprint density at radius 3 is 2.11 bits per heavy atom. The lowest BCUT2D eigenvalue weighted by Crippen LogP contribution is -2.13. The van der Waals surface area contributed by atoms with Gasteiger partial charge in [0.25, 0.3) is 0 Å². The molecule has 0 spiro atoms. The molecule has 0 amide bonds. The minimum Gasteiger partial charge on any atom is -0.481 e. The van der Waals surface area contributed by atoms with Crippen molar-refractivity contribution < 1.29 is 9.90 Å². The molecular weight excluding hydrogens is 244 g/mol. The smallest absolute Gasteiger partial charge is 0.310 e. The van der Waals surface area contributed by atoms with Crippen LogP contribution in [0.2, 0.25) is 0 Å². The van der Waals surface area contributed by atoms with Crippen LogP contribution in [0.1, 0.15) is 29.8 Å². The molecule has 0 aromatic carbocycles. The Hall–Kier alpha value is -2.37. The van der Waals surface area contributed by atoms with Gasteiger partial charge in [-0.3, -0.25) is 4.79 Å². The first-order valence-corrected chi connectivity index (χ1v) is 5.86. The molecule has 0 aliphatic rings. The number of rotatable bonds is 3. The predicted octanol–water partition coefficient (Wildman–Crippen LogP) is 1.74. The molecule has 0 aliphatic heterocycles. The Morgan fingerprint density at radius 2 is 1.63 bits per heavy atom. The number of aryl methyl sites for hydroxylation is 2. The minimum absolute atomic E-state index is 0.414. The van der Waals surface area contributed by atoms with Crippen LogP contribution in [0.25, 0.3) is 11.6 Å². The predicted molar refractivity (Wildman–Crippen MR) is 68.6 cm³/mol. The van der Waals surface area contributed by atoms with Gasteiger partial charge >= 0.3 is 5.97 Å². The number of hydrogen-bond donors (Lipinski definition) is 1. The molecule has 0 bridgehead atoms. The van der Waals surface area contributed by atoms with Crippen LogP contribution in [-0.2, 0) is 4.79 Å². The van der Waals surface area contributed by atoms with Crippen LogP contribution in [0.15, 0.2) is 18.5 Å². The second kappa shape index (κ2) is 5.09. The number of carbonyl (C=O) groups is 1. The molecule has 0 saturated carbocycles. The van der Waals surface area contributed by atoms with Crippen LogP contribution in [0.4, 0.5) is 0 Å². The highest BCUT2D eigenvalue weighted by molar-refractivity contribution is 5.76. The molecular formula is C13H14N4O2. The standard InChI is InChI=1S/C13H14N4O2/c1-7(13(18)19)10-8(2)16-12(17-9(10)3)11-14-5-4-6-15-11/h4-7H,1-3H3,(H,18,19). The van der Waals surface area contributed by atoms with Gasteiger partial charge in [0.15, 0.2) is 11.6 Å². The first-order valence-electron chi connectivity index (χ1n) is 5.86. The van der Waals surface area contributed by atoms with E-state index in [1.54, 1.807) is 39.2 Å². The number of nitrogens with zero attached hydrogens (tertiary/aromatic N) is 4. The van der Waals surface area contributed by atoms with Crippen molar-refractivity contribution in [3.63, 3.8) is 0 Å². The topological polar surface area (TPSA) is 88.9 Å². The van der Waals surface area contributed by atoms with Gasteiger partial charge in [0, 0.05) is 29.3 Å². The molecule has 1 N–H and O–H groups in total. The van der Waals surface area contributed by atoms with Gasteiger partial charge in [0.05, 0.1) is 5.92 Å². The third-order valence-corrected chi connectivity index (χ3v) is 2.90. The van der Waals surface area contributed by atoms with E-state index in [0.29, 0.717) is 28.6 Å². The zero-order valence-electron chi connectivity index (χ0n) is 11.0. The summed E-state index contributed by atoms with van der Waals surface area (Å²) in [4.78, 5) is 27.9. The van der Waals surface area contributed by atoms with Crippen molar-refractivity contribution in [2.75, 3.05) is 0 Å². The number of hydrogen-bond acceptors (Lipinski definition) is 5. The Labute approximate surface area is 110 Å². The van der Waals surface area contributed by atoms with Gasteiger partial charge in [0.1, 0.15) is 0 Å². The largest absolute Gasteiger partial charge is 0.481 e. The van der Waals surface area contributed by atoms with Crippen molar-refractivity contribution in [3.05, 3.63) is 35.4 Å². The molecule has 1 unspecified atom stereocenters. The van der Waals surface area contributed by atoms with Gasteiger partial charge in [-0.25, -0.2) is 19.9 Å². The first-order chi connectivity index (χ1) is 9.00. The number of carboxylic acids is 1. The highest BCUT2D eigenvalue weighted by Crippen LogP contribution is 2.23. The summed E-state index contributed by atoms with van der Waals surface area (Å²) in [6, 6.07) is 1.71. The zero-order valence-corrected chi connectivity index (χ0v) is 11.0. The minimum atomic E-state index is -0.890. The van der Waals surface area contributed by atoms with E-state index < -0.39 is 11.9 Å². The summed E-state index contributed by atoms with van der Waals surface area (Å²) < 4.78 is 0. The molecule has 2 heterocycles. The van der Waals surface area contributed by atoms with Gasteiger partial charge in [-0.05, 0) is 26.8 Å². The average Bonchev–Trinajstić information content (AvgIpc) is 2.38. The molecule has 98 valence electrons. The number of aromatic nitrogens is 4. The highest BCUT2D eigenvalue weighted by Gasteiger charge is 2.21. The van der Waals surface area contributed by atoms with E-state index in [4.69, 9.17) is 5.11 Å². The molecule has 0 radical (unpaired) electrons. The van der Waals surface area contributed by atoms with E-state index in [1.807, 2.05) is 0 Å². The van der Waals surface area contributed by atoms with Crippen LogP contribution in [0, 0.1) is 13.8 Å². The Bertz CT molecular complexity index is 590. The monoisotopic (exact) mass is 258 g/mol. The lowest BCUT2D eigenvalue weighted by Gasteiger charge is -2.13. The fraction of sp³-hybridized carbons (Fsp3) is 0.308. The molecule has 0 fully saturated rings. The number of carboxylic acid groups (broad SMARTS) is 1. The van der Waals surface area contributed by atoms with Gasteiger partial charge in [-0.2, -0.15) is 0 Å². The highest BCUT2D eigenvalue weighted by atomic mass is 16.4. The summed E-state index contributed by atoms with van der Waals surface area (Å²) in [6.07, 6.45) is 3.23. The van der Waals surface area contributed by atoms with Crippen LogP contribution in [-0.4, -0.2) is 31.0 Å². The summed E-state index contributed by atoms with van der Waals surface area (Å²) in [6.45, 7) is 5.17. The summed E-state index contributed by atoms with van der Waals surface area (Å²) in [5, 5.41) is 9.09. The van der Waals surface area contributed by atoms with E-state index in [9.17, 15) is 4.79 Å². The maximum atomic E-state index is 11.1. The molecule has 2 aromatic rings. The summed E-state index contributed by atoms with van der Waals surface area (Å²) >= 11 is 0. The SMILES string of the molecule is Cc1nc(-c2ncccn2)nc(C)c1C(C)C(=O)O. The van der Waals surface area contributed by atoms with E-state index >= 15 is 0 Å². The third-order valence-electron chi connectivity index (χ3n) is 2.90. The van der Waals surface area contributed by atoms with Gasteiger partial charge in [-0.1, -0.05) is 0 Å². The third kappa shape index (κ3) is 2.57. The summed E-state index contributed by atoms with van der Waals surface area (Å²) in [5.41, 5.74) is 1.93. The van der Waals surface area contributed by atoms with Crippen molar-refractivity contribution in [2.24, 2.45) is 0 Å². The second-order valence-electron chi connectivity index (χ2n) is 4.26. The van der Waals surface area contributed by atoms with Crippen LogP contribution < -0.4 is 0 Å². The van der Waals surface area contributed by atoms with E-state index in [0.717, 1.165) is 0 Å². The molecule has 19 heavy (non-hydrogen) atoms. The molecule has 2 aromatic heterocycles. The van der Waals surface area contributed by atoms with Crippen molar-refractivity contribution in [3.8, 4) is 11.6 Å². The molecule has 2 rings (SSSR count).